The van der Waals surface area contributed by atoms with Gasteiger partial charge in [-0.3, -0.25) is 9.59 Å². The number of nitrogens with zero attached hydrogens (tertiary/aromatic N) is 1. The molecule has 1 unspecified atom stereocenters. The molecule has 0 aliphatic carbocycles. The summed E-state index contributed by atoms with van der Waals surface area (Å²) in [5.41, 5.74) is 0. The van der Waals surface area contributed by atoms with Crippen molar-refractivity contribution in [2.24, 2.45) is 0 Å². The van der Waals surface area contributed by atoms with Gasteiger partial charge in [-0.05, 0) is 40.7 Å². The lowest BCUT2D eigenvalue weighted by Crippen LogP contribution is -2.66. The van der Waals surface area contributed by atoms with E-state index in [1.807, 2.05) is 6.92 Å². The fourth-order valence-electron chi connectivity index (χ4n) is 2.37. The van der Waals surface area contributed by atoms with Crippen LogP contribution in [0, 0.1) is 0 Å². The lowest BCUT2D eigenvalue weighted by molar-refractivity contribution is -0.154. The highest BCUT2D eigenvalue weighted by Crippen LogP contribution is 2.22. The zero-order valence-electron chi connectivity index (χ0n) is 15.4. The maximum Gasteiger partial charge on any atom is 0.600 e. The molecule has 0 saturated carbocycles. The Hall–Kier alpha value is -1.00. The van der Waals surface area contributed by atoms with Crippen LogP contribution < -0.4 is 0 Å². The third-order valence-corrected chi connectivity index (χ3v) is 6.30. The molecular formula is C15H31NO7Si. The highest BCUT2D eigenvalue weighted by Gasteiger charge is 2.53. The molecule has 0 heterocycles. The third-order valence-electron chi connectivity index (χ3n) is 3.10. The summed E-state index contributed by atoms with van der Waals surface area (Å²) >= 11 is 0. The van der Waals surface area contributed by atoms with E-state index < -0.39 is 33.4 Å². The number of esters is 1. The Balaban J connectivity index is 5.87. The van der Waals surface area contributed by atoms with Crippen molar-refractivity contribution in [1.82, 2.24) is 4.57 Å². The summed E-state index contributed by atoms with van der Waals surface area (Å²) < 4.78 is 24.2. The van der Waals surface area contributed by atoms with Gasteiger partial charge in [0, 0.05) is 19.8 Å². The molecule has 0 radical (unpaired) electrons. The summed E-state index contributed by atoms with van der Waals surface area (Å²) in [4.78, 5) is 23.7. The van der Waals surface area contributed by atoms with E-state index in [4.69, 9.17) is 18.0 Å². The number of hydrogen-bond donors (Lipinski definition) is 1. The number of hydrogen-bond acceptors (Lipinski definition) is 7. The predicted molar refractivity (Wildman–Crippen MR) is 90.3 cm³/mol. The van der Waals surface area contributed by atoms with Crippen LogP contribution in [0.2, 0.25) is 0 Å². The van der Waals surface area contributed by atoms with Gasteiger partial charge in [0.1, 0.15) is 6.04 Å². The first-order valence-corrected chi connectivity index (χ1v) is 10.2. The average molecular weight is 365 g/mol. The first kappa shape index (κ1) is 23.0. The van der Waals surface area contributed by atoms with E-state index in [1.54, 1.807) is 32.3 Å². The van der Waals surface area contributed by atoms with Crippen LogP contribution in [0.4, 0.5) is 0 Å². The van der Waals surface area contributed by atoms with Crippen molar-refractivity contribution in [3.8, 4) is 0 Å². The molecule has 0 spiro atoms. The van der Waals surface area contributed by atoms with E-state index in [0.717, 1.165) is 0 Å². The van der Waals surface area contributed by atoms with Crippen LogP contribution >= 0.6 is 0 Å². The van der Waals surface area contributed by atoms with Gasteiger partial charge in [0.25, 0.3) is 0 Å². The number of carbonyl (C=O) groups excluding carboxylic acids is 1. The number of carboxylic acids is 1. The van der Waals surface area contributed by atoms with E-state index in [-0.39, 0.29) is 6.61 Å². The summed E-state index contributed by atoms with van der Waals surface area (Å²) in [7, 11) is -3.40. The van der Waals surface area contributed by atoms with E-state index in [2.05, 4.69) is 0 Å². The predicted octanol–water partition coefficient (Wildman–Crippen LogP) is 1.65. The van der Waals surface area contributed by atoms with Crippen LogP contribution in [0.5, 0.6) is 0 Å². The molecule has 0 saturated heterocycles. The molecule has 0 rings (SSSR count). The van der Waals surface area contributed by atoms with Crippen molar-refractivity contribution in [3.05, 3.63) is 0 Å². The topological polar surface area (TPSA) is 94.5 Å². The second-order valence-electron chi connectivity index (χ2n) is 4.88. The highest BCUT2D eigenvalue weighted by molar-refractivity contribution is 6.58. The second kappa shape index (κ2) is 12.4. The first-order valence-electron chi connectivity index (χ1n) is 8.49. The van der Waals surface area contributed by atoms with Gasteiger partial charge in [0.2, 0.25) is 0 Å². The van der Waals surface area contributed by atoms with Crippen molar-refractivity contribution in [2.45, 2.75) is 53.5 Å². The molecule has 0 aromatic heterocycles. The van der Waals surface area contributed by atoms with Crippen LogP contribution in [0.15, 0.2) is 0 Å². The van der Waals surface area contributed by atoms with Crippen molar-refractivity contribution >= 4 is 20.9 Å². The molecule has 0 aliphatic heterocycles. The van der Waals surface area contributed by atoms with Gasteiger partial charge < -0.3 is 23.1 Å². The average Bonchev–Trinajstić information content (AvgIpc) is 2.51. The molecule has 0 bridgehead atoms. The largest absolute Gasteiger partial charge is 0.600 e. The molecule has 9 heteroatoms. The Morgan fingerprint density at radius 3 is 1.79 bits per heavy atom. The van der Waals surface area contributed by atoms with E-state index in [9.17, 15) is 14.7 Å². The van der Waals surface area contributed by atoms with Crippen LogP contribution in [0.1, 0.15) is 47.5 Å². The van der Waals surface area contributed by atoms with Crippen LogP contribution in [0.3, 0.4) is 0 Å². The third kappa shape index (κ3) is 6.86. The Kier molecular flexibility index (Phi) is 11.9. The van der Waals surface area contributed by atoms with E-state index in [1.165, 1.54) is 0 Å². The maximum atomic E-state index is 12.4. The lowest BCUT2D eigenvalue weighted by Gasteiger charge is -2.40. The number of carboxylic acid groups (broad SMARTS) is 1. The Bertz CT molecular complexity index is 364. The van der Waals surface area contributed by atoms with Gasteiger partial charge in [-0.1, -0.05) is 6.92 Å². The highest BCUT2D eigenvalue weighted by atomic mass is 28.4. The van der Waals surface area contributed by atoms with Crippen molar-refractivity contribution in [2.75, 3.05) is 33.0 Å². The summed E-state index contributed by atoms with van der Waals surface area (Å²) in [6.07, 6.45) is 0.276. The first-order chi connectivity index (χ1) is 11.4. The molecule has 1 N–H and O–H groups in total. The zero-order chi connectivity index (χ0) is 18.6. The van der Waals surface area contributed by atoms with Gasteiger partial charge in [-0.2, -0.15) is 0 Å². The molecule has 1 atom stereocenters. The molecule has 0 aromatic carbocycles. The summed E-state index contributed by atoms with van der Waals surface area (Å²) in [5.74, 6) is -1.70. The Morgan fingerprint density at radius 1 is 0.958 bits per heavy atom. The minimum Gasteiger partial charge on any atom is -0.481 e. The van der Waals surface area contributed by atoms with Gasteiger partial charge in [-0.15, -0.1) is 0 Å². The normalized spacial score (nSPS) is 13.1. The zero-order valence-corrected chi connectivity index (χ0v) is 16.4. The van der Waals surface area contributed by atoms with Crippen molar-refractivity contribution in [3.63, 3.8) is 0 Å². The maximum absolute atomic E-state index is 12.4. The minimum absolute atomic E-state index is 0.168. The van der Waals surface area contributed by atoms with Crippen LogP contribution in [-0.4, -0.2) is 69.6 Å². The van der Waals surface area contributed by atoms with E-state index in [0.29, 0.717) is 32.8 Å². The Morgan fingerprint density at radius 2 is 1.46 bits per heavy atom. The Labute approximate surface area is 145 Å². The van der Waals surface area contributed by atoms with Gasteiger partial charge in [-0.25, -0.2) is 4.57 Å². The quantitative estimate of drug-likeness (QED) is 0.367. The minimum atomic E-state index is -3.40. The van der Waals surface area contributed by atoms with Gasteiger partial charge in [0.05, 0.1) is 13.0 Å². The molecule has 142 valence electrons. The molecule has 0 aliphatic rings. The molecule has 0 aromatic rings. The van der Waals surface area contributed by atoms with Crippen LogP contribution in [0.25, 0.3) is 0 Å². The molecule has 8 nitrogen and oxygen atoms in total. The van der Waals surface area contributed by atoms with Crippen LogP contribution in [-0.2, 0) is 27.6 Å². The lowest BCUT2D eigenvalue weighted by atomic mass is 10.2. The standard InChI is InChI=1S/C15H31NO7Si/c1-6-11-16(13(12-14(17)18)15(19)20-7-2)24(21-8-3,22-9-4)23-10-5/h13H,6-12H2,1-5H3,(H,17,18). The van der Waals surface area contributed by atoms with Crippen molar-refractivity contribution in [1.29, 1.82) is 0 Å². The second-order valence-corrected chi connectivity index (χ2v) is 7.37. The molecule has 0 fully saturated rings. The van der Waals surface area contributed by atoms with Crippen molar-refractivity contribution < 1.29 is 32.7 Å². The van der Waals surface area contributed by atoms with E-state index >= 15 is 0 Å². The SMILES string of the molecule is CCCN(C(CC(=O)O)C(=O)OCC)[Si](OCC)(OCC)OCC. The molecular weight excluding hydrogens is 334 g/mol. The molecule has 0 amide bonds. The number of rotatable bonds is 14. The van der Waals surface area contributed by atoms with Gasteiger partial charge >= 0.3 is 20.9 Å². The monoisotopic (exact) mass is 365 g/mol. The summed E-state index contributed by atoms with van der Waals surface area (Å²) in [6.45, 7) is 10.6. The fourth-order valence-corrected chi connectivity index (χ4v) is 5.29. The van der Waals surface area contributed by atoms with Gasteiger partial charge in [0.15, 0.2) is 0 Å². The number of ether oxygens (including phenoxy) is 1. The fraction of sp³-hybridized carbons (Fsp3) is 0.867. The summed E-state index contributed by atoms with van der Waals surface area (Å²) in [5, 5.41) is 9.23. The smallest absolute Gasteiger partial charge is 0.481 e. The number of aliphatic carboxylic acids is 1. The summed E-state index contributed by atoms with van der Waals surface area (Å²) in [6, 6.07) is -1.02. The molecule has 24 heavy (non-hydrogen) atoms. The number of carbonyl (C=O) groups is 2.